The number of carbonyl (C=O) groups is 2. The average molecular weight is 422 g/mol. The van der Waals surface area contributed by atoms with Gasteiger partial charge in [-0.1, -0.05) is 24.3 Å². The van der Waals surface area contributed by atoms with Crippen LogP contribution >= 0.6 is 12.2 Å². The number of morpholine rings is 1. The van der Waals surface area contributed by atoms with Gasteiger partial charge < -0.3 is 9.64 Å². The van der Waals surface area contributed by atoms with Crippen LogP contribution in [-0.2, 0) is 14.3 Å². The second-order valence-corrected chi connectivity index (χ2v) is 7.75. The highest BCUT2D eigenvalue weighted by molar-refractivity contribution is 7.80. The van der Waals surface area contributed by atoms with Crippen molar-refractivity contribution in [1.29, 1.82) is 0 Å². The number of anilines is 2. The number of hydrogen-bond donors (Lipinski definition) is 1. The Bertz CT molecular complexity index is 1040. The van der Waals surface area contributed by atoms with Crippen molar-refractivity contribution in [2.24, 2.45) is 0 Å². The summed E-state index contributed by atoms with van der Waals surface area (Å²) in [6, 6.07) is 13.5. The molecule has 0 spiro atoms. The normalized spacial score (nSPS) is 18.7. The summed E-state index contributed by atoms with van der Waals surface area (Å²) in [7, 11) is 0. The summed E-state index contributed by atoms with van der Waals surface area (Å²) in [5, 5.41) is 2.74. The van der Waals surface area contributed by atoms with E-state index in [9.17, 15) is 9.59 Å². The van der Waals surface area contributed by atoms with E-state index in [0.717, 1.165) is 35.5 Å². The van der Waals surface area contributed by atoms with Crippen molar-refractivity contribution < 1.29 is 14.3 Å². The molecule has 0 aliphatic carbocycles. The second-order valence-electron chi connectivity index (χ2n) is 7.37. The van der Waals surface area contributed by atoms with E-state index in [1.54, 1.807) is 6.08 Å². The van der Waals surface area contributed by atoms with Gasteiger partial charge in [0.25, 0.3) is 11.8 Å². The summed E-state index contributed by atoms with van der Waals surface area (Å²) in [4.78, 5) is 29.4. The molecule has 2 aliphatic rings. The van der Waals surface area contributed by atoms with Crippen molar-refractivity contribution in [3.8, 4) is 0 Å². The fourth-order valence-electron chi connectivity index (χ4n) is 3.62. The van der Waals surface area contributed by atoms with Crippen LogP contribution in [0.15, 0.2) is 48.0 Å². The molecule has 2 heterocycles. The van der Waals surface area contributed by atoms with Crippen molar-refractivity contribution in [3.63, 3.8) is 0 Å². The summed E-state index contributed by atoms with van der Waals surface area (Å²) in [5.74, 6) is -0.904. The van der Waals surface area contributed by atoms with Crippen molar-refractivity contribution in [2.45, 2.75) is 13.8 Å². The molecule has 2 fully saturated rings. The molecule has 30 heavy (non-hydrogen) atoms. The summed E-state index contributed by atoms with van der Waals surface area (Å²) in [6.45, 7) is 7.04. The Kier molecular flexibility index (Phi) is 5.65. The monoisotopic (exact) mass is 421 g/mol. The van der Waals surface area contributed by atoms with Crippen molar-refractivity contribution >= 4 is 46.6 Å². The third kappa shape index (κ3) is 3.86. The predicted molar refractivity (Wildman–Crippen MR) is 122 cm³/mol. The number of thiocarbonyl (C=S) groups is 1. The first-order chi connectivity index (χ1) is 14.5. The molecule has 0 unspecified atom stereocenters. The predicted octanol–water partition coefficient (Wildman–Crippen LogP) is 2.97. The molecular weight excluding hydrogens is 398 g/mol. The van der Waals surface area contributed by atoms with Gasteiger partial charge in [-0.15, -0.1) is 0 Å². The maximum Gasteiger partial charge on any atom is 0.270 e. The van der Waals surface area contributed by atoms with Gasteiger partial charge in [0.2, 0.25) is 0 Å². The molecule has 0 saturated carbocycles. The van der Waals surface area contributed by atoms with Crippen LogP contribution in [0.3, 0.4) is 0 Å². The number of hydrogen-bond acceptors (Lipinski definition) is 5. The molecule has 0 atom stereocenters. The molecule has 0 bridgehead atoms. The van der Waals surface area contributed by atoms with Gasteiger partial charge in [-0.25, -0.2) is 0 Å². The zero-order valence-corrected chi connectivity index (χ0v) is 17.8. The number of rotatable bonds is 3. The lowest BCUT2D eigenvalue weighted by molar-refractivity contribution is -0.122. The minimum atomic E-state index is -0.483. The molecule has 2 saturated heterocycles. The van der Waals surface area contributed by atoms with E-state index < -0.39 is 11.8 Å². The molecule has 2 aromatic rings. The first kappa shape index (κ1) is 20.3. The highest BCUT2D eigenvalue weighted by Crippen LogP contribution is 2.27. The van der Waals surface area contributed by atoms with Crippen LogP contribution in [0.25, 0.3) is 6.08 Å². The standard InChI is InChI=1S/C23H23N3O3S/c1-15-4-3-5-20(16(15)2)26-22(28)19(21(27)24-23(26)30)14-17-6-8-18(9-7-17)25-10-12-29-13-11-25/h3-9,14H,10-13H2,1-2H3,(H,24,27,30)/b19-14+. The van der Waals surface area contributed by atoms with E-state index in [0.29, 0.717) is 18.9 Å². The molecule has 0 aromatic heterocycles. The fraction of sp³-hybridized carbons (Fsp3) is 0.261. The molecule has 0 radical (unpaired) electrons. The third-order valence-electron chi connectivity index (χ3n) is 5.50. The molecule has 2 aromatic carbocycles. The van der Waals surface area contributed by atoms with E-state index in [-0.39, 0.29) is 10.7 Å². The molecule has 2 aliphatic heterocycles. The Morgan fingerprint density at radius 2 is 1.73 bits per heavy atom. The second kappa shape index (κ2) is 8.38. The van der Waals surface area contributed by atoms with Gasteiger partial charge in [-0.2, -0.15) is 0 Å². The smallest absolute Gasteiger partial charge is 0.270 e. The number of aryl methyl sites for hydroxylation is 1. The van der Waals surface area contributed by atoms with Crippen LogP contribution in [0.1, 0.15) is 16.7 Å². The fourth-order valence-corrected chi connectivity index (χ4v) is 3.90. The first-order valence-electron chi connectivity index (χ1n) is 9.86. The van der Waals surface area contributed by atoms with Crippen LogP contribution in [0.2, 0.25) is 0 Å². The van der Waals surface area contributed by atoms with E-state index in [2.05, 4.69) is 10.2 Å². The van der Waals surface area contributed by atoms with Gasteiger partial charge in [0, 0.05) is 18.8 Å². The first-order valence-corrected chi connectivity index (χ1v) is 10.3. The SMILES string of the molecule is Cc1cccc(N2C(=O)/C(=C/c3ccc(N4CCOCC4)cc3)C(=O)NC2=S)c1C. The molecular formula is C23H23N3O3S. The van der Waals surface area contributed by atoms with Crippen molar-refractivity contribution in [2.75, 3.05) is 36.1 Å². The number of nitrogens with zero attached hydrogens (tertiary/aromatic N) is 2. The third-order valence-corrected chi connectivity index (χ3v) is 5.78. The summed E-state index contributed by atoms with van der Waals surface area (Å²) in [6.07, 6.45) is 1.61. The highest BCUT2D eigenvalue weighted by Gasteiger charge is 2.35. The minimum absolute atomic E-state index is 0.0589. The van der Waals surface area contributed by atoms with Crippen molar-refractivity contribution in [1.82, 2.24) is 5.32 Å². The Morgan fingerprint density at radius 1 is 1.03 bits per heavy atom. The van der Waals surface area contributed by atoms with E-state index in [4.69, 9.17) is 17.0 Å². The number of amides is 2. The summed E-state index contributed by atoms with van der Waals surface area (Å²) in [5.41, 5.74) is 4.60. The molecule has 2 amide bonds. The highest BCUT2D eigenvalue weighted by atomic mass is 32.1. The summed E-state index contributed by atoms with van der Waals surface area (Å²) >= 11 is 5.30. The van der Waals surface area contributed by atoms with Gasteiger partial charge in [-0.05, 0) is 67.0 Å². The molecule has 1 N–H and O–H groups in total. The summed E-state index contributed by atoms with van der Waals surface area (Å²) < 4.78 is 5.39. The number of ether oxygens (including phenoxy) is 1. The lowest BCUT2D eigenvalue weighted by Crippen LogP contribution is -2.54. The van der Waals surface area contributed by atoms with Gasteiger partial charge in [0.1, 0.15) is 5.57 Å². The van der Waals surface area contributed by atoms with Gasteiger partial charge in [0.05, 0.1) is 18.9 Å². The zero-order valence-electron chi connectivity index (χ0n) is 17.0. The number of carbonyl (C=O) groups excluding carboxylic acids is 2. The molecule has 154 valence electrons. The Hall–Kier alpha value is -3.03. The van der Waals surface area contributed by atoms with E-state index >= 15 is 0 Å². The quantitative estimate of drug-likeness (QED) is 0.469. The molecule has 6 nitrogen and oxygen atoms in total. The van der Waals surface area contributed by atoms with Crippen molar-refractivity contribution in [3.05, 3.63) is 64.7 Å². The van der Waals surface area contributed by atoms with Gasteiger partial charge >= 0.3 is 0 Å². The Labute approximate surface area is 181 Å². The average Bonchev–Trinajstić information content (AvgIpc) is 2.75. The van der Waals surface area contributed by atoms with Gasteiger partial charge in [-0.3, -0.25) is 19.8 Å². The lowest BCUT2D eigenvalue weighted by Gasteiger charge is -2.30. The maximum absolute atomic E-state index is 13.2. The lowest BCUT2D eigenvalue weighted by atomic mass is 10.0. The van der Waals surface area contributed by atoms with Crippen LogP contribution < -0.4 is 15.1 Å². The Balaban J connectivity index is 1.63. The topological polar surface area (TPSA) is 61.9 Å². The number of benzene rings is 2. The van der Waals surface area contributed by atoms with Crippen LogP contribution in [-0.4, -0.2) is 43.2 Å². The van der Waals surface area contributed by atoms with Crippen LogP contribution in [0, 0.1) is 13.8 Å². The zero-order chi connectivity index (χ0) is 21.3. The van der Waals surface area contributed by atoms with E-state index in [1.165, 1.54) is 4.90 Å². The number of nitrogens with one attached hydrogen (secondary N) is 1. The molecule has 7 heteroatoms. The largest absolute Gasteiger partial charge is 0.378 e. The van der Waals surface area contributed by atoms with Crippen LogP contribution in [0.5, 0.6) is 0 Å². The molecule has 4 rings (SSSR count). The van der Waals surface area contributed by atoms with Gasteiger partial charge in [0.15, 0.2) is 5.11 Å². The minimum Gasteiger partial charge on any atom is -0.378 e. The maximum atomic E-state index is 13.2. The Morgan fingerprint density at radius 3 is 2.43 bits per heavy atom. The van der Waals surface area contributed by atoms with E-state index in [1.807, 2.05) is 56.3 Å². The van der Waals surface area contributed by atoms with Crippen LogP contribution in [0.4, 0.5) is 11.4 Å².